The van der Waals surface area contributed by atoms with Gasteiger partial charge in [-0.1, -0.05) is 46.8 Å². The topological polar surface area (TPSA) is 32.3 Å². The summed E-state index contributed by atoms with van der Waals surface area (Å²) in [5.74, 6) is 0. The van der Waals surface area contributed by atoms with Crippen molar-refractivity contribution < 1.29 is 5.11 Å². The number of aliphatic hydroxyl groups is 1. The van der Waals surface area contributed by atoms with Crippen LogP contribution in [0.4, 0.5) is 0 Å². The Bertz CT molecular complexity index is 405. The van der Waals surface area contributed by atoms with Crippen molar-refractivity contribution in [3.8, 4) is 0 Å². The van der Waals surface area contributed by atoms with Gasteiger partial charge in [-0.25, -0.2) is 0 Å². The lowest BCUT2D eigenvalue weighted by Gasteiger charge is -2.32. The molecule has 0 radical (unpaired) electrons. The maximum atomic E-state index is 10.4. The van der Waals surface area contributed by atoms with Gasteiger partial charge in [0.15, 0.2) is 0 Å². The van der Waals surface area contributed by atoms with Crippen LogP contribution in [-0.4, -0.2) is 17.3 Å². The van der Waals surface area contributed by atoms with Crippen molar-refractivity contribution in [2.24, 2.45) is 0 Å². The number of hydrogen-bond acceptors (Lipinski definition) is 2. The predicted molar refractivity (Wildman–Crippen MR) is 78.9 cm³/mol. The minimum atomic E-state index is -0.511. The molecule has 1 aliphatic rings. The minimum Gasteiger partial charge on any atom is -0.389 e. The second kappa shape index (κ2) is 6.38. The molecule has 0 bridgehead atoms. The van der Waals surface area contributed by atoms with Crippen molar-refractivity contribution in [3.05, 3.63) is 33.3 Å². The lowest BCUT2D eigenvalue weighted by Crippen LogP contribution is -2.41. The summed E-state index contributed by atoms with van der Waals surface area (Å²) in [6.45, 7) is 1.38. The third-order valence-electron chi connectivity index (χ3n) is 3.56. The van der Waals surface area contributed by atoms with E-state index < -0.39 is 5.60 Å². The molecule has 1 aromatic carbocycles. The molecule has 2 nitrogen and oxygen atoms in total. The minimum absolute atomic E-state index is 0.511. The standard InChI is InChI=1S/C14H19BrClNO/c15-13-5-4-12(16)8-11(13)9-17-10-14(18)6-2-1-3-7-14/h4-5,8,17-18H,1-3,6-7,9-10H2. The van der Waals surface area contributed by atoms with Crippen molar-refractivity contribution in [3.63, 3.8) is 0 Å². The van der Waals surface area contributed by atoms with Gasteiger partial charge in [0.1, 0.15) is 0 Å². The zero-order chi connectivity index (χ0) is 13.0. The normalized spacial score (nSPS) is 18.8. The van der Waals surface area contributed by atoms with Crippen molar-refractivity contribution in [2.45, 2.75) is 44.2 Å². The molecule has 0 amide bonds. The molecule has 1 saturated carbocycles. The van der Waals surface area contributed by atoms with Gasteiger partial charge in [-0.15, -0.1) is 0 Å². The third kappa shape index (κ3) is 3.95. The fraction of sp³-hybridized carbons (Fsp3) is 0.571. The van der Waals surface area contributed by atoms with Gasteiger partial charge in [-0.05, 0) is 36.6 Å². The Morgan fingerprint density at radius 1 is 1.28 bits per heavy atom. The third-order valence-corrected chi connectivity index (χ3v) is 4.57. The second-order valence-electron chi connectivity index (χ2n) is 5.12. The summed E-state index contributed by atoms with van der Waals surface area (Å²) >= 11 is 9.48. The van der Waals surface area contributed by atoms with Crippen LogP contribution < -0.4 is 5.32 Å². The first-order valence-corrected chi connectivity index (χ1v) is 7.63. The maximum Gasteiger partial charge on any atom is 0.0771 e. The van der Waals surface area contributed by atoms with Gasteiger partial charge >= 0.3 is 0 Å². The summed E-state index contributed by atoms with van der Waals surface area (Å²) in [6, 6.07) is 5.77. The molecule has 0 aromatic heterocycles. The lowest BCUT2D eigenvalue weighted by molar-refractivity contribution is 0.00467. The average Bonchev–Trinajstić information content (AvgIpc) is 2.34. The summed E-state index contributed by atoms with van der Waals surface area (Å²) in [7, 11) is 0. The zero-order valence-electron chi connectivity index (χ0n) is 10.4. The van der Waals surface area contributed by atoms with E-state index in [2.05, 4.69) is 21.2 Å². The van der Waals surface area contributed by atoms with Crippen molar-refractivity contribution >= 4 is 27.5 Å². The van der Waals surface area contributed by atoms with Gasteiger partial charge in [0.05, 0.1) is 5.60 Å². The molecule has 0 heterocycles. The number of hydrogen-bond donors (Lipinski definition) is 2. The Kier molecular flexibility index (Phi) is 5.07. The molecule has 1 fully saturated rings. The van der Waals surface area contributed by atoms with E-state index in [-0.39, 0.29) is 0 Å². The highest BCUT2D eigenvalue weighted by atomic mass is 79.9. The van der Waals surface area contributed by atoms with E-state index in [1.165, 1.54) is 6.42 Å². The molecule has 0 aliphatic heterocycles. The summed E-state index contributed by atoms with van der Waals surface area (Å²) < 4.78 is 1.05. The quantitative estimate of drug-likeness (QED) is 0.877. The first-order valence-electron chi connectivity index (χ1n) is 6.46. The second-order valence-corrected chi connectivity index (χ2v) is 6.42. The van der Waals surface area contributed by atoms with Crippen molar-refractivity contribution in [2.75, 3.05) is 6.54 Å². The number of nitrogens with one attached hydrogen (secondary N) is 1. The number of halogens is 2. The lowest BCUT2D eigenvalue weighted by atomic mass is 9.85. The largest absolute Gasteiger partial charge is 0.389 e. The molecule has 1 aliphatic carbocycles. The van der Waals surface area contributed by atoms with E-state index in [9.17, 15) is 5.11 Å². The number of rotatable bonds is 4. The highest BCUT2D eigenvalue weighted by Crippen LogP contribution is 2.27. The van der Waals surface area contributed by atoms with E-state index in [0.717, 1.165) is 47.3 Å². The summed E-state index contributed by atoms with van der Waals surface area (Å²) in [5, 5.41) is 14.5. The number of benzene rings is 1. The van der Waals surface area contributed by atoms with Crippen LogP contribution in [0.15, 0.2) is 22.7 Å². The van der Waals surface area contributed by atoms with Crippen LogP contribution in [0.2, 0.25) is 5.02 Å². The summed E-state index contributed by atoms with van der Waals surface area (Å²) in [6.07, 6.45) is 5.35. The van der Waals surface area contributed by atoms with E-state index >= 15 is 0 Å². The van der Waals surface area contributed by atoms with Crippen molar-refractivity contribution in [1.82, 2.24) is 5.32 Å². The Hall–Kier alpha value is -0.0900. The van der Waals surface area contributed by atoms with Gasteiger partial charge < -0.3 is 10.4 Å². The van der Waals surface area contributed by atoms with E-state index in [4.69, 9.17) is 11.6 Å². The molecular weight excluding hydrogens is 314 g/mol. The Morgan fingerprint density at radius 2 is 2.00 bits per heavy atom. The molecule has 100 valence electrons. The van der Waals surface area contributed by atoms with Gasteiger partial charge in [-0.2, -0.15) is 0 Å². The van der Waals surface area contributed by atoms with Gasteiger partial charge in [0, 0.05) is 22.6 Å². The molecule has 18 heavy (non-hydrogen) atoms. The zero-order valence-corrected chi connectivity index (χ0v) is 12.7. The van der Waals surface area contributed by atoms with Crippen molar-refractivity contribution in [1.29, 1.82) is 0 Å². The van der Waals surface area contributed by atoms with E-state index in [0.29, 0.717) is 6.54 Å². The molecule has 0 spiro atoms. The Balaban J connectivity index is 1.86. The first kappa shape index (κ1) is 14.3. The smallest absolute Gasteiger partial charge is 0.0771 e. The molecule has 1 aromatic rings. The average molecular weight is 333 g/mol. The predicted octanol–water partition coefficient (Wildman–Crippen LogP) is 3.89. The Labute approximate surface area is 122 Å². The molecule has 0 unspecified atom stereocenters. The highest BCUT2D eigenvalue weighted by Gasteiger charge is 2.28. The van der Waals surface area contributed by atoms with Crippen LogP contribution >= 0.6 is 27.5 Å². The molecule has 2 rings (SSSR count). The van der Waals surface area contributed by atoms with E-state index in [1.807, 2.05) is 18.2 Å². The fourth-order valence-corrected chi connectivity index (χ4v) is 3.08. The SMILES string of the molecule is OC1(CNCc2cc(Cl)ccc2Br)CCCCC1. The van der Waals surface area contributed by atoms with Gasteiger partial charge in [0.2, 0.25) is 0 Å². The Morgan fingerprint density at radius 3 is 2.72 bits per heavy atom. The monoisotopic (exact) mass is 331 g/mol. The first-order chi connectivity index (χ1) is 8.59. The van der Waals surface area contributed by atoms with E-state index in [1.54, 1.807) is 0 Å². The molecule has 4 heteroatoms. The van der Waals surface area contributed by atoms with Gasteiger partial charge in [0.25, 0.3) is 0 Å². The molecular formula is C14H19BrClNO. The molecule has 0 saturated heterocycles. The summed E-state index contributed by atoms with van der Waals surface area (Å²) in [4.78, 5) is 0. The fourth-order valence-electron chi connectivity index (χ4n) is 2.50. The molecule has 0 atom stereocenters. The highest BCUT2D eigenvalue weighted by molar-refractivity contribution is 9.10. The van der Waals surface area contributed by atoms with Crippen LogP contribution in [0.25, 0.3) is 0 Å². The van der Waals surface area contributed by atoms with Crippen LogP contribution in [0, 0.1) is 0 Å². The van der Waals surface area contributed by atoms with Crippen LogP contribution in [0.5, 0.6) is 0 Å². The molecule has 2 N–H and O–H groups in total. The maximum absolute atomic E-state index is 10.4. The van der Waals surface area contributed by atoms with Crippen LogP contribution in [0.1, 0.15) is 37.7 Å². The van der Waals surface area contributed by atoms with Crippen LogP contribution in [0.3, 0.4) is 0 Å². The summed E-state index contributed by atoms with van der Waals surface area (Å²) in [5.41, 5.74) is 0.616. The van der Waals surface area contributed by atoms with Crippen LogP contribution in [-0.2, 0) is 6.54 Å². The van der Waals surface area contributed by atoms with Gasteiger partial charge in [-0.3, -0.25) is 0 Å².